The molecule has 4 atom stereocenters. The van der Waals surface area contributed by atoms with Crippen molar-refractivity contribution in [2.24, 2.45) is 5.73 Å². The Hall–Kier alpha value is -0.950. The van der Waals surface area contributed by atoms with Gasteiger partial charge in [0, 0.05) is 17.8 Å². The van der Waals surface area contributed by atoms with E-state index >= 15 is 0 Å². The highest BCUT2D eigenvalue weighted by atomic mass is 32.2. The van der Waals surface area contributed by atoms with Gasteiger partial charge in [-0.05, 0) is 19.3 Å². The van der Waals surface area contributed by atoms with Crippen molar-refractivity contribution < 1.29 is 14.7 Å². The summed E-state index contributed by atoms with van der Waals surface area (Å²) in [6.07, 6.45) is 5.71. The largest absolute Gasteiger partial charge is 0.480 e. The summed E-state index contributed by atoms with van der Waals surface area (Å²) < 4.78 is 0. The van der Waals surface area contributed by atoms with Gasteiger partial charge in [-0.15, -0.1) is 11.8 Å². The van der Waals surface area contributed by atoms with Crippen LogP contribution in [0.25, 0.3) is 0 Å². The fourth-order valence-electron chi connectivity index (χ4n) is 3.07. The molecule has 2 amide bonds. The zero-order chi connectivity index (χ0) is 15.4. The van der Waals surface area contributed by atoms with Crippen molar-refractivity contribution in [3.05, 3.63) is 0 Å². The molecule has 4 unspecified atom stereocenters. The molecule has 0 bridgehead atoms. The average Bonchev–Trinajstić information content (AvgIpc) is 2.86. The molecule has 1 saturated carbocycles. The molecule has 2 aliphatic rings. The number of rotatable bonds is 4. The Morgan fingerprint density at radius 3 is 2.71 bits per heavy atom. The predicted octanol–water partition coefficient (Wildman–Crippen LogP) is 1.59. The lowest BCUT2D eigenvalue weighted by atomic mass is 9.91. The highest BCUT2D eigenvalue weighted by molar-refractivity contribution is 8.00. The van der Waals surface area contributed by atoms with Crippen LogP contribution in [0.1, 0.15) is 45.4 Å². The third-order valence-electron chi connectivity index (χ3n) is 4.28. The lowest BCUT2D eigenvalue weighted by Gasteiger charge is -2.33. The first-order valence-corrected chi connectivity index (χ1v) is 8.78. The van der Waals surface area contributed by atoms with Crippen molar-refractivity contribution in [1.29, 1.82) is 0 Å². The van der Waals surface area contributed by atoms with Gasteiger partial charge in [0.2, 0.25) is 0 Å². The number of nitrogens with two attached hydrogens (primary N) is 1. The fraction of sp³-hybridized carbons (Fsp3) is 0.857. The second kappa shape index (κ2) is 7.35. The van der Waals surface area contributed by atoms with Crippen molar-refractivity contribution >= 4 is 23.8 Å². The van der Waals surface area contributed by atoms with Crippen LogP contribution < -0.4 is 11.1 Å². The van der Waals surface area contributed by atoms with Crippen molar-refractivity contribution in [3.63, 3.8) is 0 Å². The van der Waals surface area contributed by atoms with E-state index in [0.717, 1.165) is 38.5 Å². The van der Waals surface area contributed by atoms with Gasteiger partial charge in [0.05, 0.1) is 5.37 Å². The standard InChI is InChI=1S/C14H25N3O3S/c1-2-5-12-17(11(8-21-12)13(18)19)14(20)16-10-7-4-3-6-9(10)15/h9-12H,2-8,15H2,1H3,(H,16,20)(H,18,19). The van der Waals surface area contributed by atoms with E-state index in [4.69, 9.17) is 5.73 Å². The third-order valence-corrected chi connectivity index (χ3v) is 5.63. The fourth-order valence-corrected chi connectivity index (χ4v) is 4.58. The Morgan fingerprint density at radius 2 is 2.10 bits per heavy atom. The van der Waals surface area contributed by atoms with Gasteiger partial charge in [0.25, 0.3) is 0 Å². The molecule has 0 spiro atoms. The van der Waals surface area contributed by atoms with Gasteiger partial charge in [-0.1, -0.05) is 26.2 Å². The van der Waals surface area contributed by atoms with Crippen LogP contribution in [-0.4, -0.2) is 51.3 Å². The van der Waals surface area contributed by atoms with E-state index in [0.29, 0.717) is 5.75 Å². The Morgan fingerprint density at radius 1 is 1.38 bits per heavy atom. The minimum absolute atomic E-state index is 0.0224. The first kappa shape index (κ1) is 16.4. The first-order chi connectivity index (χ1) is 10.0. The van der Waals surface area contributed by atoms with Crippen LogP contribution in [0.3, 0.4) is 0 Å². The molecule has 0 aromatic carbocycles. The summed E-state index contributed by atoms with van der Waals surface area (Å²) in [6.45, 7) is 2.04. The van der Waals surface area contributed by atoms with Crippen molar-refractivity contribution in [1.82, 2.24) is 10.2 Å². The second-order valence-electron chi connectivity index (χ2n) is 5.84. The van der Waals surface area contributed by atoms with Crippen LogP contribution in [0.5, 0.6) is 0 Å². The number of urea groups is 1. The van der Waals surface area contributed by atoms with E-state index in [2.05, 4.69) is 5.32 Å². The van der Waals surface area contributed by atoms with Gasteiger partial charge in [-0.2, -0.15) is 0 Å². The summed E-state index contributed by atoms with van der Waals surface area (Å²) in [7, 11) is 0. The number of carboxylic acids is 1. The molecule has 7 heteroatoms. The Balaban J connectivity index is 2.03. The van der Waals surface area contributed by atoms with E-state index in [9.17, 15) is 14.7 Å². The summed E-state index contributed by atoms with van der Waals surface area (Å²) in [5.41, 5.74) is 6.06. The molecule has 1 aliphatic heterocycles. The minimum Gasteiger partial charge on any atom is -0.480 e. The lowest BCUT2D eigenvalue weighted by Crippen LogP contribution is -2.56. The summed E-state index contributed by atoms with van der Waals surface area (Å²) in [5, 5.41) is 12.2. The first-order valence-electron chi connectivity index (χ1n) is 7.73. The molecule has 4 N–H and O–H groups in total. The number of hydrogen-bond donors (Lipinski definition) is 3. The van der Waals surface area contributed by atoms with Crippen LogP contribution in [0.2, 0.25) is 0 Å². The van der Waals surface area contributed by atoms with Crippen LogP contribution in [-0.2, 0) is 4.79 Å². The predicted molar refractivity (Wildman–Crippen MR) is 83.2 cm³/mol. The average molecular weight is 315 g/mol. The molecular formula is C14H25N3O3S. The molecule has 2 rings (SSSR count). The van der Waals surface area contributed by atoms with E-state index in [1.807, 2.05) is 6.92 Å². The molecule has 1 heterocycles. The van der Waals surface area contributed by atoms with Gasteiger partial charge in [0.15, 0.2) is 0 Å². The van der Waals surface area contributed by atoms with Crippen LogP contribution in [0.15, 0.2) is 0 Å². The Kier molecular flexibility index (Phi) is 5.75. The normalized spacial score (nSPS) is 33.0. The van der Waals surface area contributed by atoms with Crippen molar-refractivity contribution in [2.75, 3.05) is 5.75 Å². The van der Waals surface area contributed by atoms with Gasteiger partial charge >= 0.3 is 12.0 Å². The van der Waals surface area contributed by atoms with Crippen molar-refractivity contribution in [2.45, 2.75) is 68.9 Å². The number of carbonyl (C=O) groups is 2. The number of carbonyl (C=O) groups excluding carboxylic acids is 1. The zero-order valence-corrected chi connectivity index (χ0v) is 13.3. The third kappa shape index (κ3) is 3.83. The maximum atomic E-state index is 12.5. The number of carboxylic acid groups (broad SMARTS) is 1. The van der Waals surface area contributed by atoms with Crippen molar-refractivity contribution in [3.8, 4) is 0 Å². The second-order valence-corrected chi connectivity index (χ2v) is 7.05. The lowest BCUT2D eigenvalue weighted by molar-refractivity contribution is -0.141. The van der Waals surface area contributed by atoms with E-state index < -0.39 is 12.0 Å². The molecule has 2 fully saturated rings. The smallest absolute Gasteiger partial charge is 0.327 e. The van der Waals surface area contributed by atoms with Gasteiger partial charge in [0.1, 0.15) is 6.04 Å². The molecule has 1 aliphatic carbocycles. The zero-order valence-electron chi connectivity index (χ0n) is 12.5. The summed E-state index contributed by atoms with van der Waals surface area (Å²) in [5.74, 6) is -0.464. The molecular weight excluding hydrogens is 290 g/mol. The highest BCUT2D eigenvalue weighted by Crippen LogP contribution is 2.32. The summed E-state index contributed by atoms with van der Waals surface area (Å²) in [6, 6.07) is -1.06. The maximum absolute atomic E-state index is 12.5. The Labute approximate surface area is 129 Å². The molecule has 0 aromatic rings. The number of nitrogens with one attached hydrogen (secondary N) is 1. The molecule has 6 nitrogen and oxygen atoms in total. The van der Waals surface area contributed by atoms with Gasteiger partial charge in [-0.3, -0.25) is 4.90 Å². The molecule has 120 valence electrons. The van der Waals surface area contributed by atoms with E-state index in [1.165, 1.54) is 4.90 Å². The Bertz CT molecular complexity index is 394. The van der Waals surface area contributed by atoms with Crippen LogP contribution >= 0.6 is 11.8 Å². The molecule has 0 radical (unpaired) electrons. The topological polar surface area (TPSA) is 95.7 Å². The minimum atomic E-state index is -0.927. The van der Waals surface area contributed by atoms with Crippen LogP contribution in [0, 0.1) is 0 Å². The van der Waals surface area contributed by atoms with Gasteiger partial charge < -0.3 is 16.2 Å². The maximum Gasteiger partial charge on any atom is 0.327 e. The summed E-state index contributed by atoms with van der Waals surface area (Å²) in [4.78, 5) is 25.4. The number of amides is 2. The number of hydrogen-bond acceptors (Lipinski definition) is 4. The summed E-state index contributed by atoms with van der Waals surface area (Å²) >= 11 is 1.56. The molecule has 21 heavy (non-hydrogen) atoms. The highest BCUT2D eigenvalue weighted by Gasteiger charge is 2.42. The number of aliphatic carboxylic acids is 1. The molecule has 0 aromatic heterocycles. The number of thioether (sulfide) groups is 1. The SMILES string of the molecule is CCCC1SCC(C(=O)O)N1C(=O)NC1CCCCC1N. The van der Waals surface area contributed by atoms with E-state index in [1.54, 1.807) is 11.8 Å². The molecule has 1 saturated heterocycles. The van der Waals surface area contributed by atoms with E-state index in [-0.39, 0.29) is 23.5 Å². The quantitative estimate of drug-likeness (QED) is 0.732. The number of nitrogens with zero attached hydrogens (tertiary/aromatic N) is 1. The monoisotopic (exact) mass is 315 g/mol. The van der Waals surface area contributed by atoms with Gasteiger partial charge in [-0.25, -0.2) is 9.59 Å². The van der Waals surface area contributed by atoms with Crippen LogP contribution in [0.4, 0.5) is 4.79 Å².